The Balaban J connectivity index is 3.23. The molecule has 1 unspecified atom stereocenters. The van der Waals surface area contributed by atoms with Gasteiger partial charge in [0.1, 0.15) is 0 Å². The van der Waals surface area contributed by atoms with Crippen LogP contribution in [-0.4, -0.2) is 24.3 Å². The quantitative estimate of drug-likeness (QED) is 0.484. The number of aliphatic hydroxyl groups is 1. The molecular formula is C11H22O3. The van der Waals surface area contributed by atoms with Crippen molar-refractivity contribution in [1.82, 2.24) is 0 Å². The van der Waals surface area contributed by atoms with E-state index < -0.39 is 0 Å². The summed E-state index contributed by atoms with van der Waals surface area (Å²) in [5.74, 6) is -0.673. The molecule has 0 heterocycles. The largest absolute Gasteiger partial charge is 0.465 e. The van der Waals surface area contributed by atoms with Gasteiger partial charge >= 0.3 is 5.97 Å². The summed E-state index contributed by atoms with van der Waals surface area (Å²) >= 11 is 0. The lowest BCUT2D eigenvalue weighted by Gasteiger charge is -2.08. The van der Waals surface area contributed by atoms with E-state index >= 15 is 0 Å². The molecule has 0 aromatic carbocycles. The molecule has 3 nitrogen and oxygen atoms in total. The van der Waals surface area contributed by atoms with E-state index in [0.717, 1.165) is 12.8 Å². The summed E-state index contributed by atoms with van der Waals surface area (Å²) in [6.45, 7) is 4.20. The third kappa shape index (κ3) is 6.89. The maximum atomic E-state index is 11.1. The number of hydrogen-bond acceptors (Lipinski definition) is 3. The summed E-state index contributed by atoms with van der Waals surface area (Å²) in [5, 5.41) is 8.68. The molecule has 0 bridgehead atoms. The minimum Gasteiger partial charge on any atom is -0.465 e. The van der Waals surface area contributed by atoms with Crippen molar-refractivity contribution in [3.05, 3.63) is 0 Å². The highest BCUT2D eigenvalue weighted by Crippen LogP contribution is 2.03. The topological polar surface area (TPSA) is 46.5 Å². The van der Waals surface area contributed by atoms with Gasteiger partial charge in [-0.3, -0.25) is 4.79 Å². The minimum atomic E-state index is -0.384. The van der Waals surface area contributed by atoms with Crippen molar-refractivity contribution in [2.45, 2.75) is 46.0 Å². The Kier molecular flexibility index (Phi) is 8.64. The van der Waals surface area contributed by atoms with Crippen molar-refractivity contribution >= 4 is 5.97 Å². The number of unbranched alkanes of at least 4 members (excludes halogenated alkanes) is 4. The van der Waals surface area contributed by atoms with E-state index in [9.17, 15) is 4.79 Å². The van der Waals surface area contributed by atoms with Crippen molar-refractivity contribution in [3.8, 4) is 0 Å². The number of esters is 1. The number of rotatable bonds is 8. The van der Waals surface area contributed by atoms with E-state index in [2.05, 4.69) is 6.92 Å². The predicted molar refractivity (Wildman–Crippen MR) is 56.0 cm³/mol. The van der Waals surface area contributed by atoms with Crippen molar-refractivity contribution in [1.29, 1.82) is 0 Å². The zero-order chi connectivity index (χ0) is 10.8. The smallest absolute Gasteiger partial charge is 0.310 e. The summed E-state index contributed by atoms with van der Waals surface area (Å²) in [4.78, 5) is 11.1. The summed E-state index contributed by atoms with van der Waals surface area (Å²) in [7, 11) is 0. The fourth-order valence-corrected chi connectivity index (χ4v) is 1.10. The van der Waals surface area contributed by atoms with E-state index in [4.69, 9.17) is 9.84 Å². The van der Waals surface area contributed by atoms with Gasteiger partial charge in [-0.2, -0.15) is 0 Å². The Morgan fingerprint density at radius 2 is 1.93 bits per heavy atom. The molecule has 14 heavy (non-hydrogen) atoms. The van der Waals surface area contributed by atoms with Crippen LogP contribution in [0.5, 0.6) is 0 Å². The molecule has 0 saturated carbocycles. The van der Waals surface area contributed by atoms with Crippen LogP contribution in [0.4, 0.5) is 0 Å². The molecule has 0 saturated heterocycles. The molecule has 84 valence electrons. The molecule has 0 aliphatic carbocycles. The molecule has 0 amide bonds. The first-order valence-electron chi connectivity index (χ1n) is 5.49. The second kappa shape index (κ2) is 9.00. The third-order valence-electron chi connectivity index (χ3n) is 2.17. The predicted octanol–water partition coefficient (Wildman–Crippen LogP) is 2.13. The van der Waals surface area contributed by atoms with Crippen LogP contribution >= 0.6 is 0 Å². The van der Waals surface area contributed by atoms with Gasteiger partial charge in [0, 0.05) is 0 Å². The Labute approximate surface area is 86.5 Å². The molecule has 1 N–H and O–H groups in total. The van der Waals surface area contributed by atoms with Gasteiger partial charge in [0.15, 0.2) is 0 Å². The Hall–Kier alpha value is -0.570. The molecule has 0 radical (unpaired) electrons. The Morgan fingerprint density at radius 1 is 1.29 bits per heavy atom. The maximum absolute atomic E-state index is 11.1. The monoisotopic (exact) mass is 202 g/mol. The minimum absolute atomic E-state index is 0.130. The maximum Gasteiger partial charge on any atom is 0.310 e. The summed E-state index contributed by atoms with van der Waals surface area (Å²) < 4.78 is 4.98. The Bertz CT molecular complexity index is 145. The van der Waals surface area contributed by atoms with Crippen LogP contribution < -0.4 is 0 Å². The fraction of sp³-hybridized carbons (Fsp3) is 0.909. The first-order valence-corrected chi connectivity index (χ1v) is 5.49. The molecule has 0 rings (SSSR count). The lowest BCUT2D eigenvalue weighted by Crippen LogP contribution is -2.18. The number of hydrogen-bond donors (Lipinski definition) is 1. The number of carbonyl (C=O) groups is 1. The second-order valence-electron chi connectivity index (χ2n) is 3.67. The summed E-state index contributed by atoms with van der Waals surface area (Å²) in [6.07, 6.45) is 5.74. The standard InChI is InChI=1S/C11H22O3/c1-3-4-5-6-7-8-14-11(13)10(2)9-12/h10,12H,3-9H2,1-2H3. The molecule has 0 aliphatic heterocycles. The molecule has 0 fully saturated rings. The summed E-state index contributed by atoms with van der Waals surface area (Å²) in [5.41, 5.74) is 0. The molecule has 3 heteroatoms. The molecule has 0 aromatic heterocycles. The van der Waals surface area contributed by atoms with E-state index in [1.54, 1.807) is 6.92 Å². The number of ether oxygens (including phenoxy) is 1. The van der Waals surface area contributed by atoms with Gasteiger partial charge in [-0.05, 0) is 13.3 Å². The van der Waals surface area contributed by atoms with Gasteiger partial charge in [0.25, 0.3) is 0 Å². The Morgan fingerprint density at radius 3 is 2.50 bits per heavy atom. The van der Waals surface area contributed by atoms with Crippen LogP contribution in [0.3, 0.4) is 0 Å². The normalized spacial score (nSPS) is 12.5. The van der Waals surface area contributed by atoms with Gasteiger partial charge < -0.3 is 9.84 Å². The lowest BCUT2D eigenvalue weighted by atomic mass is 10.2. The van der Waals surface area contributed by atoms with Crippen LogP contribution in [-0.2, 0) is 9.53 Å². The first kappa shape index (κ1) is 13.4. The van der Waals surface area contributed by atoms with Crippen LogP contribution in [0.2, 0.25) is 0 Å². The van der Waals surface area contributed by atoms with Crippen LogP contribution in [0.15, 0.2) is 0 Å². The lowest BCUT2D eigenvalue weighted by molar-refractivity contribution is -0.149. The van der Waals surface area contributed by atoms with Gasteiger partial charge in [-0.15, -0.1) is 0 Å². The molecule has 0 aromatic rings. The molecule has 0 aliphatic rings. The van der Waals surface area contributed by atoms with Crippen LogP contribution in [0.25, 0.3) is 0 Å². The second-order valence-corrected chi connectivity index (χ2v) is 3.67. The summed E-state index contributed by atoms with van der Waals surface area (Å²) in [6, 6.07) is 0. The fourth-order valence-electron chi connectivity index (χ4n) is 1.10. The molecule has 1 atom stereocenters. The SMILES string of the molecule is CCCCCCCOC(=O)C(C)CO. The average Bonchev–Trinajstić information content (AvgIpc) is 2.21. The van der Waals surface area contributed by atoms with Gasteiger partial charge in [-0.25, -0.2) is 0 Å². The van der Waals surface area contributed by atoms with E-state index in [1.165, 1.54) is 19.3 Å². The van der Waals surface area contributed by atoms with E-state index in [1.807, 2.05) is 0 Å². The van der Waals surface area contributed by atoms with E-state index in [0.29, 0.717) is 6.61 Å². The van der Waals surface area contributed by atoms with Crippen molar-refractivity contribution < 1.29 is 14.6 Å². The first-order chi connectivity index (χ1) is 6.72. The van der Waals surface area contributed by atoms with Gasteiger partial charge in [0.05, 0.1) is 19.1 Å². The number of carbonyl (C=O) groups excluding carboxylic acids is 1. The molecule has 0 spiro atoms. The van der Waals surface area contributed by atoms with E-state index in [-0.39, 0.29) is 18.5 Å². The van der Waals surface area contributed by atoms with Crippen molar-refractivity contribution in [3.63, 3.8) is 0 Å². The molecular weight excluding hydrogens is 180 g/mol. The van der Waals surface area contributed by atoms with Crippen LogP contribution in [0.1, 0.15) is 46.0 Å². The number of aliphatic hydroxyl groups excluding tert-OH is 1. The van der Waals surface area contributed by atoms with Crippen molar-refractivity contribution in [2.75, 3.05) is 13.2 Å². The highest BCUT2D eigenvalue weighted by molar-refractivity contribution is 5.72. The van der Waals surface area contributed by atoms with Gasteiger partial charge in [-0.1, -0.05) is 32.6 Å². The zero-order valence-electron chi connectivity index (χ0n) is 9.29. The van der Waals surface area contributed by atoms with Crippen molar-refractivity contribution in [2.24, 2.45) is 5.92 Å². The third-order valence-corrected chi connectivity index (χ3v) is 2.17. The average molecular weight is 202 g/mol. The highest BCUT2D eigenvalue weighted by Gasteiger charge is 2.11. The highest BCUT2D eigenvalue weighted by atomic mass is 16.5. The van der Waals surface area contributed by atoms with Crippen LogP contribution in [0, 0.1) is 5.92 Å². The van der Waals surface area contributed by atoms with Gasteiger partial charge in [0.2, 0.25) is 0 Å². The zero-order valence-corrected chi connectivity index (χ0v) is 9.29.